The zero-order valence-corrected chi connectivity index (χ0v) is 12.4. The summed E-state index contributed by atoms with van der Waals surface area (Å²) >= 11 is 5.85. The third kappa shape index (κ3) is 4.93. The number of halogens is 1. The number of hydrogen-bond acceptors (Lipinski definition) is 2. The highest BCUT2D eigenvalue weighted by Gasteiger charge is 2.25. The third-order valence-corrected chi connectivity index (χ3v) is 4.06. The minimum absolute atomic E-state index is 0.221. The Bertz CT molecular complexity index is 513. The second kappa shape index (κ2) is 7.31. The summed E-state index contributed by atoms with van der Waals surface area (Å²) in [5.41, 5.74) is 0.648. The lowest BCUT2D eigenvalue weighted by Gasteiger charge is -2.26. The van der Waals surface area contributed by atoms with Crippen molar-refractivity contribution in [2.45, 2.75) is 25.7 Å². The molecular formula is C15H19ClN2O3. The zero-order valence-electron chi connectivity index (χ0n) is 11.6. The van der Waals surface area contributed by atoms with E-state index in [1.807, 2.05) is 0 Å². The predicted octanol–water partition coefficient (Wildman–Crippen LogP) is 3.35. The molecule has 6 heteroatoms. The van der Waals surface area contributed by atoms with Gasteiger partial charge in [-0.2, -0.15) is 0 Å². The molecule has 0 heterocycles. The lowest BCUT2D eigenvalue weighted by molar-refractivity contribution is -0.143. The van der Waals surface area contributed by atoms with Crippen LogP contribution < -0.4 is 10.6 Å². The minimum Gasteiger partial charge on any atom is -0.481 e. The van der Waals surface area contributed by atoms with E-state index in [0.29, 0.717) is 36.0 Å². The lowest BCUT2D eigenvalue weighted by Crippen LogP contribution is -2.35. The fourth-order valence-corrected chi connectivity index (χ4v) is 2.78. The Labute approximate surface area is 128 Å². The number of anilines is 1. The Morgan fingerprint density at radius 2 is 1.95 bits per heavy atom. The highest BCUT2D eigenvalue weighted by Crippen LogP contribution is 2.28. The van der Waals surface area contributed by atoms with E-state index in [2.05, 4.69) is 10.6 Å². The fraction of sp³-hybridized carbons (Fsp3) is 0.467. The lowest BCUT2D eigenvalue weighted by atomic mass is 9.82. The van der Waals surface area contributed by atoms with Gasteiger partial charge in [0.25, 0.3) is 0 Å². The molecule has 0 aromatic heterocycles. The second-order valence-corrected chi connectivity index (χ2v) is 5.84. The number of urea groups is 1. The van der Waals surface area contributed by atoms with Gasteiger partial charge in [-0.3, -0.25) is 4.79 Å². The third-order valence-electron chi connectivity index (χ3n) is 3.83. The number of carboxylic acids is 1. The summed E-state index contributed by atoms with van der Waals surface area (Å²) in [6.07, 6.45) is 3.07. The van der Waals surface area contributed by atoms with E-state index in [-0.39, 0.29) is 11.9 Å². The average molecular weight is 311 g/mol. The molecule has 0 atom stereocenters. The normalized spacial score (nSPS) is 21.6. The van der Waals surface area contributed by atoms with Gasteiger partial charge < -0.3 is 15.7 Å². The first-order chi connectivity index (χ1) is 10.0. The number of amides is 2. The molecule has 0 aliphatic heterocycles. The number of carbonyl (C=O) groups is 2. The maximum absolute atomic E-state index is 11.8. The highest BCUT2D eigenvalue weighted by atomic mass is 35.5. The number of carbonyl (C=O) groups excluding carboxylic acids is 1. The smallest absolute Gasteiger partial charge is 0.319 e. The predicted molar refractivity (Wildman–Crippen MR) is 81.6 cm³/mol. The van der Waals surface area contributed by atoms with Gasteiger partial charge in [-0.15, -0.1) is 0 Å². The van der Waals surface area contributed by atoms with Crippen LogP contribution in [0.3, 0.4) is 0 Å². The monoisotopic (exact) mass is 310 g/mol. The van der Waals surface area contributed by atoms with Gasteiger partial charge in [0.2, 0.25) is 0 Å². The van der Waals surface area contributed by atoms with E-state index in [9.17, 15) is 9.59 Å². The molecule has 0 unspecified atom stereocenters. The molecule has 1 aliphatic rings. The standard InChI is InChI=1S/C15H19ClN2O3/c16-12-2-1-3-13(8-12)18-15(21)17-9-10-4-6-11(7-5-10)14(19)20/h1-3,8,10-11H,4-7,9H2,(H,19,20)(H2,17,18,21). The molecule has 1 aromatic carbocycles. The Morgan fingerprint density at radius 1 is 1.24 bits per heavy atom. The van der Waals surface area contributed by atoms with Crippen LogP contribution in [0.25, 0.3) is 0 Å². The molecule has 114 valence electrons. The Balaban J connectivity index is 1.71. The molecule has 1 fully saturated rings. The van der Waals surface area contributed by atoms with Crippen molar-refractivity contribution < 1.29 is 14.7 Å². The number of hydrogen-bond donors (Lipinski definition) is 3. The topological polar surface area (TPSA) is 78.4 Å². The quantitative estimate of drug-likeness (QED) is 0.798. The molecule has 3 N–H and O–H groups in total. The van der Waals surface area contributed by atoms with Crippen LogP contribution in [0.5, 0.6) is 0 Å². The number of carboxylic acid groups (broad SMARTS) is 1. The van der Waals surface area contributed by atoms with Crippen LogP contribution in [0.15, 0.2) is 24.3 Å². The molecule has 2 amide bonds. The van der Waals surface area contributed by atoms with E-state index in [1.165, 1.54) is 0 Å². The summed E-state index contributed by atoms with van der Waals surface area (Å²) < 4.78 is 0. The SMILES string of the molecule is O=C(NCC1CCC(C(=O)O)CC1)Nc1cccc(Cl)c1. The Hall–Kier alpha value is -1.75. The molecule has 1 aliphatic carbocycles. The molecule has 0 spiro atoms. The molecule has 1 aromatic rings. The molecular weight excluding hydrogens is 292 g/mol. The van der Waals surface area contributed by atoms with Crippen molar-refractivity contribution in [2.24, 2.45) is 11.8 Å². The van der Waals surface area contributed by atoms with Crippen molar-refractivity contribution in [2.75, 3.05) is 11.9 Å². The van der Waals surface area contributed by atoms with Crippen molar-refractivity contribution in [1.82, 2.24) is 5.32 Å². The van der Waals surface area contributed by atoms with E-state index >= 15 is 0 Å². The molecule has 21 heavy (non-hydrogen) atoms. The summed E-state index contributed by atoms with van der Waals surface area (Å²) in [6.45, 7) is 0.568. The Morgan fingerprint density at radius 3 is 2.57 bits per heavy atom. The number of rotatable bonds is 4. The van der Waals surface area contributed by atoms with Gasteiger partial charge in [-0.05, 0) is 49.8 Å². The van der Waals surface area contributed by atoms with E-state index in [1.54, 1.807) is 24.3 Å². The Kier molecular flexibility index (Phi) is 5.44. The van der Waals surface area contributed by atoms with Gasteiger partial charge in [-0.25, -0.2) is 4.79 Å². The first-order valence-corrected chi connectivity index (χ1v) is 7.45. The van der Waals surface area contributed by atoms with Gasteiger partial charge in [0.05, 0.1) is 5.92 Å². The molecule has 1 saturated carbocycles. The van der Waals surface area contributed by atoms with Crippen LogP contribution in [0.1, 0.15) is 25.7 Å². The minimum atomic E-state index is -0.708. The average Bonchev–Trinajstić information content (AvgIpc) is 2.45. The number of aliphatic carboxylic acids is 1. The van der Waals surface area contributed by atoms with Crippen LogP contribution in [-0.4, -0.2) is 23.7 Å². The van der Waals surface area contributed by atoms with Gasteiger partial charge >= 0.3 is 12.0 Å². The van der Waals surface area contributed by atoms with Gasteiger partial charge in [0, 0.05) is 17.3 Å². The molecule has 0 saturated heterocycles. The van der Waals surface area contributed by atoms with Crippen LogP contribution >= 0.6 is 11.6 Å². The second-order valence-electron chi connectivity index (χ2n) is 5.40. The zero-order chi connectivity index (χ0) is 15.2. The van der Waals surface area contributed by atoms with Gasteiger partial charge in [0.1, 0.15) is 0 Å². The summed E-state index contributed by atoms with van der Waals surface area (Å²) in [7, 11) is 0. The fourth-order valence-electron chi connectivity index (χ4n) is 2.59. The van der Waals surface area contributed by atoms with Crippen LogP contribution in [0.4, 0.5) is 10.5 Å². The maximum Gasteiger partial charge on any atom is 0.319 e. The molecule has 0 bridgehead atoms. The number of nitrogens with one attached hydrogen (secondary N) is 2. The van der Waals surface area contributed by atoms with Gasteiger partial charge in [-0.1, -0.05) is 17.7 Å². The van der Waals surface area contributed by atoms with Crippen LogP contribution in [-0.2, 0) is 4.79 Å². The first-order valence-electron chi connectivity index (χ1n) is 7.08. The summed E-state index contributed by atoms with van der Waals surface area (Å²) in [5.74, 6) is -0.577. The molecule has 5 nitrogen and oxygen atoms in total. The summed E-state index contributed by atoms with van der Waals surface area (Å²) in [5, 5.41) is 15.1. The summed E-state index contributed by atoms with van der Waals surface area (Å²) in [6, 6.07) is 6.69. The number of benzene rings is 1. The summed E-state index contributed by atoms with van der Waals surface area (Å²) in [4.78, 5) is 22.6. The van der Waals surface area contributed by atoms with E-state index in [4.69, 9.17) is 16.7 Å². The van der Waals surface area contributed by atoms with Crippen molar-refractivity contribution in [3.8, 4) is 0 Å². The van der Waals surface area contributed by atoms with E-state index in [0.717, 1.165) is 12.8 Å². The molecule has 0 radical (unpaired) electrons. The van der Waals surface area contributed by atoms with Crippen molar-refractivity contribution in [3.05, 3.63) is 29.3 Å². The largest absolute Gasteiger partial charge is 0.481 e. The van der Waals surface area contributed by atoms with E-state index < -0.39 is 5.97 Å². The van der Waals surface area contributed by atoms with Crippen LogP contribution in [0.2, 0.25) is 5.02 Å². The highest BCUT2D eigenvalue weighted by molar-refractivity contribution is 6.30. The van der Waals surface area contributed by atoms with Crippen molar-refractivity contribution in [3.63, 3.8) is 0 Å². The van der Waals surface area contributed by atoms with Crippen LogP contribution in [0, 0.1) is 11.8 Å². The van der Waals surface area contributed by atoms with Crippen molar-refractivity contribution in [1.29, 1.82) is 0 Å². The first kappa shape index (κ1) is 15.6. The maximum atomic E-state index is 11.8. The van der Waals surface area contributed by atoms with Gasteiger partial charge in [0.15, 0.2) is 0 Å². The van der Waals surface area contributed by atoms with Crippen molar-refractivity contribution >= 4 is 29.3 Å². The molecule has 2 rings (SSSR count).